The van der Waals surface area contributed by atoms with Gasteiger partial charge in [-0.1, -0.05) is 0 Å². The molecule has 1 aliphatic rings. The lowest BCUT2D eigenvalue weighted by atomic mass is 9.97. The highest BCUT2D eigenvalue weighted by molar-refractivity contribution is 9.11. The smallest absolute Gasteiger partial charge is 0.0701 e. The molecular formula is C13H22BrN3S. The number of nitrogens with two attached hydrogens (primary N) is 1. The second-order valence-electron chi connectivity index (χ2n) is 4.91. The second kappa shape index (κ2) is 7.60. The summed E-state index contributed by atoms with van der Waals surface area (Å²) in [6, 6.07) is 4.30. The van der Waals surface area contributed by atoms with Crippen molar-refractivity contribution < 1.29 is 0 Å². The maximum atomic E-state index is 5.58. The van der Waals surface area contributed by atoms with Gasteiger partial charge >= 0.3 is 0 Å². The summed E-state index contributed by atoms with van der Waals surface area (Å²) in [5.74, 6) is 0.836. The average molecular weight is 332 g/mol. The summed E-state index contributed by atoms with van der Waals surface area (Å²) in [6.07, 6.45) is 2.61. The summed E-state index contributed by atoms with van der Waals surface area (Å²) in [4.78, 5) is 3.88. The van der Waals surface area contributed by atoms with Crippen LogP contribution in [0.3, 0.4) is 0 Å². The lowest BCUT2D eigenvalue weighted by Gasteiger charge is -2.31. The third-order valence-corrected chi connectivity index (χ3v) is 5.14. The summed E-state index contributed by atoms with van der Waals surface area (Å²) in [5, 5.41) is 3.58. The Morgan fingerprint density at radius 1 is 1.39 bits per heavy atom. The van der Waals surface area contributed by atoms with E-state index in [2.05, 4.69) is 38.3 Å². The molecule has 1 fully saturated rings. The van der Waals surface area contributed by atoms with Crippen LogP contribution in [0.4, 0.5) is 0 Å². The zero-order chi connectivity index (χ0) is 12.8. The Bertz CT molecular complexity index is 348. The molecule has 2 heterocycles. The molecule has 0 spiro atoms. The van der Waals surface area contributed by atoms with E-state index in [0.29, 0.717) is 0 Å². The van der Waals surface area contributed by atoms with E-state index < -0.39 is 0 Å². The largest absolute Gasteiger partial charge is 0.329 e. The molecule has 102 valence electrons. The summed E-state index contributed by atoms with van der Waals surface area (Å²) in [6.45, 7) is 6.42. The van der Waals surface area contributed by atoms with Crippen molar-refractivity contribution in [3.63, 3.8) is 0 Å². The SMILES string of the molecule is NCCN1CCC(CNCc2ccc(Br)s2)CC1. The first-order valence-electron chi connectivity index (χ1n) is 6.65. The van der Waals surface area contributed by atoms with Crippen molar-refractivity contribution in [3.8, 4) is 0 Å². The third-order valence-electron chi connectivity index (χ3n) is 3.51. The van der Waals surface area contributed by atoms with Gasteiger partial charge in [-0.05, 0) is 66.5 Å². The number of halogens is 1. The van der Waals surface area contributed by atoms with Gasteiger partial charge < -0.3 is 16.0 Å². The van der Waals surface area contributed by atoms with Crippen molar-refractivity contribution in [2.75, 3.05) is 32.7 Å². The van der Waals surface area contributed by atoms with Crippen LogP contribution in [0.5, 0.6) is 0 Å². The van der Waals surface area contributed by atoms with E-state index in [1.807, 2.05) is 11.3 Å². The van der Waals surface area contributed by atoms with Crippen LogP contribution >= 0.6 is 27.3 Å². The van der Waals surface area contributed by atoms with Gasteiger partial charge in [0.1, 0.15) is 0 Å². The van der Waals surface area contributed by atoms with Crippen LogP contribution in [0.25, 0.3) is 0 Å². The number of nitrogens with one attached hydrogen (secondary N) is 1. The standard InChI is InChI=1S/C13H22BrN3S/c14-13-2-1-12(18-13)10-16-9-11-3-6-17(7-4-11)8-5-15/h1-2,11,16H,3-10,15H2. The molecule has 18 heavy (non-hydrogen) atoms. The van der Waals surface area contributed by atoms with Crippen molar-refractivity contribution in [1.29, 1.82) is 0 Å². The zero-order valence-electron chi connectivity index (χ0n) is 10.7. The fourth-order valence-electron chi connectivity index (χ4n) is 2.44. The highest BCUT2D eigenvalue weighted by Crippen LogP contribution is 2.22. The van der Waals surface area contributed by atoms with Crippen LogP contribution < -0.4 is 11.1 Å². The third kappa shape index (κ3) is 4.63. The molecule has 2 rings (SSSR count). The highest BCUT2D eigenvalue weighted by Gasteiger charge is 2.17. The molecular weight excluding hydrogens is 310 g/mol. The molecule has 1 aliphatic heterocycles. The van der Waals surface area contributed by atoms with E-state index >= 15 is 0 Å². The van der Waals surface area contributed by atoms with Crippen LogP contribution in [0.2, 0.25) is 0 Å². The average Bonchev–Trinajstić information content (AvgIpc) is 2.78. The Labute approximate surface area is 122 Å². The molecule has 0 aromatic carbocycles. The van der Waals surface area contributed by atoms with Gasteiger partial charge in [0.15, 0.2) is 0 Å². The Morgan fingerprint density at radius 3 is 2.78 bits per heavy atom. The van der Waals surface area contributed by atoms with Gasteiger partial charge in [-0.3, -0.25) is 0 Å². The molecule has 0 saturated carbocycles. The molecule has 1 aromatic heterocycles. The molecule has 0 bridgehead atoms. The van der Waals surface area contributed by atoms with Gasteiger partial charge in [0, 0.05) is 24.5 Å². The van der Waals surface area contributed by atoms with E-state index in [9.17, 15) is 0 Å². The quantitative estimate of drug-likeness (QED) is 0.840. The minimum absolute atomic E-state index is 0.788. The molecule has 0 atom stereocenters. The van der Waals surface area contributed by atoms with Gasteiger partial charge in [-0.25, -0.2) is 0 Å². The predicted octanol–water partition coefficient (Wildman–Crippen LogP) is 2.27. The first kappa shape index (κ1) is 14.5. The fourth-order valence-corrected chi connectivity index (χ4v) is 3.90. The number of likely N-dealkylation sites (tertiary alicyclic amines) is 1. The van der Waals surface area contributed by atoms with Gasteiger partial charge in [0.25, 0.3) is 0 Å². The van der Waals surface area contributed by atoms with E-state index in [0.717, 1.165) is 32.1 Å². The maximum Gasteiger partial charge on any atom is 0.0701 e. The highest BCUT2D eigenvalue weighted by atomic mass is 79.9. The minimum atomic E-state index is 0.788. The Kier molecular flexibility index (Phi) is 6.11. The molecule has 3 N–H and O–H groups in total. The molecule has 0 aliphatic carbocycles. The maximum absolute atomic E-state index is 5.58. The van der Waals surface area contributed by atoms with Crippen molar-refractivity contribution >= 4 is 27.3 Å². The number of thiophene rings is 1. The predicted molar refractivity (Wildman–Crippen MR) is 81.9 cm³/mol. The second-order valence-corrected chi connectivity index (χ2v) is 7.46. The summed E-state index contributed by atoms with van der Waals surface area (Å²) in [7, 11) is 0. The zero-order valence-corrected chi connectivity index (χ0v) is 13.1. The van der Waals surface area contributed by atoms with Crippen LogP contribution in [-0.2, 0) is 6.54 Å². The van der Waals surface area contributed by atoms with Gasteiger partial charge in [0.05, 0.1) is 3.79 Å². The van der Waals surface area contributed by atoms with Gasteiger partial charge in [0.2, 0.25) is 0 Å². The monoisotopic (exact) mass is 331 g/mol. The van der Waals surface area contributed by atoms with Crippen molar-refractivity contribution in [3.05, 3.63) is 20.8 Å². The molecule has 1 aromatic rings. The molecule has 0 radical (unpaired) electrons. The van der Waals surface area contributed by atoms with E-state index in [1.165, 1.54) is 34.6 Å². The van der Waals surface area contributed by atoms with E-state index in [-0.39, 0.29) is 0 Å². The Hall–Kier alpha value is 0.0600. The molecule has 0 amide bonds. The number of hydrogen-bond donors (Lipinski definition) is 2. The first-order chi connectivity index (χ1) is 8.78. The van der Waals surface area contributed by atoms with Crippen molar-refractivity contribution in [2.24, 2.45) is 11.7 Å². The Morgan fingerprint density at radius 2 is 2.17 bits per heavy atom. The lowest BCUT2D eigenvalue weighted by molar-refractivity contribution is 0.186. The summed E-state index contributed by atoms with van der Waals surface area (Å²) in [5.41, 5.74) is 5.58. The topological polar surface area (TPSA) is 41.3 Å². The number of nitrogens with zero attached hydrogens (tertiary/aromatic N) is 1. The lowest BCUT2D eigenvalue weighted by Crippen LogP contribution is -2.39. The van der Waals surface area contributed by atoms with Crippen LogP contribution in [-0.4, -0.2) is 37.6 Å². The van der Waals surface area contributed by atoms with E-state index in [1.54, 1.807) is 0 Å². The van der Waals surface area contributed by atoms with Crippen LogP contribution in [0.15, 0.2) is 15.9 Å². The van der Waals surface area contributed by atoms with Crippen LogP contribution in [0.1, 0.15) is 17.7 Å². The molecule has 0 unspecified atom stereocenters. The number of piperidine rings is 1. The minimum Gasteiger partial charge on any atom is -0.329 e. The first-order valence-corrected chi connectivity index (χ1v) is 8.26. The number of hydrogen-bond acceptors (Lipinski definition) is 4. The number of rotatable bonds is 6. The van der Waals surface area contributed by atoms with Gasteiger partial charge in [-0.2, -0.15) is 0 Å². The van der Waals surface area contributed by atoms with Crippen LogP contribution in [0, 0.1) is 5.92 Å². The molecule has 5 heteroatoms. The fraction of sp³-hybridized carbons (Fsp3) is 0.692. The molecule has 3 nitrogen and oxygen atoms in total. The Balaban J connectivity index is 1.60. The molecule has 1 saturated heterocycles. The van der Waals surface area contributed by atoms with Crippen molar-refractivity contribution in [2.45, 2.75) is 19.4 Å². The summed E-state index contributed by atoms with van der Waals surface area (Å²) >= 11 is 5.31. The summed E-state index contributed by atoms with van der Waals surface area (Å²) < 4.78 is 1.22. The van der Waals surface area contributed by atoms with E-state index in [4.69, 9.17) is 5.73 Å². The van der Waals surface area contributed by atoms with Gasteiger partial charge in [-0.15, -0.1) is 11.3 Å². The van der Waals surface area contributed by atoms with Crippen molar-refractivity contribution in [1.82, 2.24) is 10.2 Å². The normalized spacial score (nSPS) is 18.3.